The van der Waals surface area contributed by atoms with Crippen molar-refractivity contribution in [2.45, 2.75) is 13.8 Å². The molecule has 0 radical (unpaired) electrons. The van der Waals surface area contributed by atoms with Gasteiger partial charge in [0.2, 0.25) is 0 Å². The van der Waals surface area contributed by atoms with Gasteiger partial charge < -0.3 is 9.84 Å². The van der Waals surface area contributed by atoms with E-state index in [4.69, 9.17) is 9.84 Å². The molecule has 0 heterocycles. The third-order valence-corrected chi connectivity index (χ3v) is 1.84. The topological polar surface area (TPSA) is 46.5 Å². The van der Waals surface area contributed by atoms with E-state index in [1.807, 2.05) is 19.9 Å². The number of esters is 1. The van der Waals surface area contributed by atoms with E-state index in [1.165, 1.54) is 0 Å². The van der Waals surface area contributed by atoms with Crippen LogP contribution in [0, 0.1) is 13.8 Å². The highest BCUT2D eigenvalue weighted by molar-refractivity contribution is 5.73. The summed E-state index contributed by atoms with van der Waals surface area (Å²) in [5.41, 5.74) is 2.20. The molecule has 0 bridgehead atoms. The Morgan fingerprint density at radius 3 is 2.62 bits per heavy atom. The molecule has 0 fully saturated rings. The van der Waals surface area contributed by atoms with Gasteiger partial charge in [-0.3, -0.25) is 0 Å². The van der Waals surface area contributed by atoms with Crippen molar-refractivity contribution in [3.05, 3.63) is 29.3 Å². The molecule has 1 rings (SSSR count). The van der Waals surface area contributed by atoms with Crippen LogP contribution in [0.3, 0.4) is 0 Å². The lowest BCUT2D eigenvalue weighted by Crippen LogP contribution is -2.12. The summed E-state index contributed by atoms with van der Waals surface area (Å²) in [6.07, 6.45) is 0. The standard InChI is InChI=1S/C10H12O3/c1-7-3-4-9(5-8(7)2)13-10(12)6-11/h3-5,11H,6H2,1-2H3. The first-order chi connectivity index (χ1) is 6.13. The van der Waals surface area contributed by atoms with Crippen LogP contribution in [0.25, 0.3) is 0 Å². The molecule has 0 saturated carbocycles. The molecular formula is C10H12O3. The van der Waals surface area contributed by atoms with E-state index in [2.05, 4.69) is 0 Å². The van der Waals surface area contributed by atoms with Crippen molar-refractivity contribution in [1.82, 2.24) is 0 Å². The van der Waals surface area contributed by atoms with Gasteiger partial charge in [-0.2, -0.15) is 0 Å². The molecule has 0 amide bonds. The highest BCUT2D eigenvalue weighted by Gasteiger charge is 2.02. The van der Waals surface area contributed by atoms with Gasteiger partial charge in [0.25, 0.3) is 0 Å². The summed E-state index contributed by atoms with van der Waals surface area (Å²) in [4.78, 5) is 10.7. The normalized spacial score (nSPS) is 9.77. The fourth-order valence-corrected chi connectivity index (χ4v) is 0.941. The Balaban J connectivity index is 2.79. The molecule has 0 saturated heterocycles. The number of carbonyl (C=O) groups is 1. The van der Waals surface area contributed by atoms with E-state index in [1.54, 1.807) is 12.1 Å². The number of aryl methyl sites for hydroxylation is 2. The monoisotopic (exact) mass is 180 g/mol. The highest BCUT2D eigenvalue weighted by Crippen LogP contribution is 2.16. The lowest BCUT2D eigenvalue weighted by Gasteiger charge is -2.04. The van der Waals surface area contributed by atoms with Crippen molar-refractivity contribution < 1.29 is 14.6 Å². The summed E-state index contributed by atoms with van der Waals surface area (Å²) < 4.78 is 4.81. The SMILES string of the molecule is Cc1ccc(OC(=O)CO)cc1C. The molecule has 0 aliphatic heterocycles. The Kier molecular flexibility index (Phi) is 3.03. The van der Waals surface area contributed by atoms with Crippen molar-refractivity contribution in [3.63, 3.8) is 0 Å². The maximum atomic E-state index is 10.7. The van der Waals surface area contributed by atoms with Gasteiger partial charge in [0.05, 0.1) is 0 Å². The molecule has 3 heteroatoms. The van der Waals surface area contributed by atoms with Gasteiger partial charge in [-0.05, 0) is 37.1 Å². The number of rotatable bonds is 2. The predicted molar refractivity (Wildman–Crippen MR) is 48.6 cm³/mol. The smallest absolute Gasteiger partial charge is 0.337 e. The number of benzene rings is 1. The van der Waals surface area contributed by atoms with Gasteiger partial charge in [0, 0.05) is 0 Å². The minimum absolute atomic E-state index is 0.474. The highest BCUT2D eigenvalue weighted by atomic mass is 16.5. The van der Waals surface area contributed by atoms with E-state index in [0.717, 1.165) is 11.1 Å². The second-order valence-corrected chi connectivity index (χ2v) is 2.88. The molecule has 0 spiro atoms. The summed E-state index contributed by atoms with van der Waals surface area (Å²) in [7, 11) is 0. The lowest BCUT2D eigenvalue weighted by molar-refractivity contribution is -0.137. The van der Waals surface area contributed by atoms with Crippen LogP contribution in [0.2, 0.25) is 0 Å². The van der Waals surface area contributed by atoms with Crippen molar-refractivity contribution >= 4 is 5.97 Å². The largest absolute Gasteiger partial charge is 0.425 e. The Morgan fingerprint density at radius 1 is 1.38 bits per heavy atom. The maximum Gasteiger partial charge on any atom is 0.337 e. The zero-order valence-electron chi connectivity index (χ0n) is 7.70. The maximum absolute atomic E-state index is 10.7. The second kappa shape index (κ2) is 4.05. The van der Waals surface area contributed by atoms with Crippen LogP contribution in [0.15, 0.2) is 18.2 Å². The van der Waals surface area contributed by atoms with Crippen LogP contribution in [0.1, 0.15) is 11.1 Å². The summed E-state index contributed by atoms with van der Waals surface area (Å²) >= 11 is 0. The molecule has 0 aromatic heterocycles. The fraction of sp³-hybridized carbons (Fsp3) is 0.300. The van der Waals surface area contributed by atoms with Crippen molar-refractivity contribution in [2.24, 2.45) is 0 Å². The number of ether oxygens (including phenoxy) is 1. The first-order valence-corrected chi connectivity index (χ1v) is 4.02. The molecule has 1 N–H and O–H groups in total. The molecule has 1 aromatic carbocycles. The van der Waals surface area contributed by atoms with Crippen molar-refractivity contribution in [1.29, 1.82) is 0 Å². The van der Waals surface area contributed by atoms with Crippen LogP contribution in [0.4, 0.5) is 0 Å². The van der Waals surface area contributed by atoms with Crippen molar-refractivity contribution in [3.8, 4) is 5.75 Å². The first-order valence-electron chi connectivity index (χ1n) is 4.02. The number of aliphatic hydroxyl groups is 1. The van der Waals surface area contributed by atoms with Crippen LogP contribution in [-0.2, 0) is 4.79 Å². The lowest BCUT2D eigenvalue weighted by atomic mass is 10.1. The quantitative estimate of drug-likeness (QED) is 0.549. The zero-order chi connectivity index (χ0) is 9.84. The third-order valence-electron chi connectivity index (χ3n) is 1.84. The molecule has 70 valence electrons. The molecule has 0 aliphatic carbocycles. The summed E-state index contributed by atoms with van der Waals surface area (Å²) in [6.45, 7) is 3.32. The Labute approximate surface area is 77.0 Å². The van der Waals surface area contributed by atoms with Gasteiger partial charge in [-0.1, -0.05) is 6.07 Å². The number of aliphatic hydroxyl groups excluding tert-OH is 1. The number of carbonyl (C=O) groups excluding carboxylic acids is 1. The summed E-state index contributed by atoms with van der Waals surface area (Å²) in [6, 6.07) is 5.34. The molecule has 0 aliphatic rings. The molecule has 13 heavy (non-hydrogen) atoms. The molecule has 0 unspecified atom stereocenters. The second-order valence-electron chi connectivity index (χ2n) is 2.88. The van der Waals surface area contributed by atoms with Crippen LogP contribution >= 0.6 is 0 Å². The van der Waals surface area contributed by atoms with E-state index in [0.29, 0.717) is 5.75 Å². The van der Waals surface area contributed by atoms with Gasteiger partial charge in [-0.25, -0.2) is 4.79 Å². The minimum Gasteiger partial charge on any atom is -0.425 e. The van der Waals surface area contributed by atoms with Gasteiger partial charge in [0.1, 0.15) is 12.4 Å². The Morgan fingerprint density at radius 2 is 2.08 bits per heavy atom. The van der Waals surface area contributed by atoms with E-state index in [-0.39, 0.29) is 0 Å². The summed E-state index contributed by atoms with van der Waals surface area (Å²) in [5.74, 6) is -0.162. The Bertz CT molecular complexity index is 318. The van der Waals surface area contributed by atoms with Crippen LogP contribution in [0.5, 0.6) is 5.75 Å². The minimum atomic E-state index is -0.636. The van der Waals surface area contributed by atoms with Crippen LogP contribution < -0.4 is 4.74 Å². The molecule has 3 nitrogen and oxygen atoms in total. The third kappa shape index (κ3) is 2.56. The molecule has 1 aromatic rings. The molecule has 0 atom stereocenters. The molecular weight excluding hydrogens is 168 g/mol. The van der Waals surface area contributed by atoms with E-state index in [9.17, 15) is 4.79 Å². The van der Waals surface area contributed by atoms with Gasteiger partial charge in [-0.15, -0.1) is 0 Å². The van der Waals surface area contributed by atoms with Crippen molar-refractivity contribution in [2.75, 3.05) is 6.61 Å². The zero-order valence-corrected chi connectivity index (χ0v) is 7.70. The first kappa shape index (κ1) is 9.74. The Hall–Kier alpha value is -1.35. The number of hydrogen-bond acceptors (Lipinski definition) is 3. The average Bonchev–Trinajstić information content (AvgIpc) is 2.11. The van der Waals surface area contributed by atoms with E-state index >= 15 is 0 Å². The van der Waals surface area contributed by atoms with Gasteiger partial charge >= 0.3 is 5.97 Å². The number of hydrogen-bond donors (Lipinski definition) is 1. The predicted octanol–water partition coefficient (Wildman–Crippen LogP) is 1.20. The van der Waals surface area contributed by atoms with E-state index < -0.39 is 12.6 Å². The fourth-order valence-electron chi connectivity index (χ4n) is 0.941. The average molecular weight is 180 g/mol. The van der Waals surface area contributed by atoms with Gasteiger partial charge in [0.15, 0.2) is 0 Å². The summed E-state index contributed by atoms with van der Waals surface area (Å²) in [5, 5.41) is 8.45. The van der Waals surface area contributed by atoms with Crippen LogP contribution in [-0.4, -0.2) is 17.7 Å².